The number of anilines is 2. The standard InChI is InChI=1S/C24H26N2O6S/c1-4-32-20-10-8-9-18(15-20)25-24(27)17-26(33(28,29)21-11-6-5-7-12-21)22-14-13-19(30-2)16-23(22)31-3/h5-16H,4,17H2,1-3H3,(H,25,27). The van der Waals surface area contributed by atoms with Gasteiger partial charge in [-0.05, 0) is 43.3 Å². The van der Waals surface area contributed by atoms with Gasteiger partial charge in [0, 0.05) is 17.8 Å². The number of carbonyl (C=O) groups is 1. The minimum absolute atomic E-state index is 0.0500. The Morgan fingerprint density at radius 3 is 2.33 bits per heavy atom. The van der Waals surface area contributed by atoms with Gasteiger partial charge < -0.3 is 19.5 Å². The van der Waals surface area contributed by atoms with E-state index < -0.39 is 22.5 Å². The van der Waals surface area contributed by atoms with Crippen molar-refractivity contribution in [2.24, 2.45) is 0 Å². The molecule has 0 heterocycles. The summed E-state index contributed by atoms with van der Waals surface area (Å²) in [7, 11) is -1.17. The number of amides is 1. The van der Waals surface area contributed by atoms with Crippen LogP contribution >= 0.6 is 0 Å². The summed E-state index contributed by atoms with van der Waals surface area (Å²) >= 11 is 0. The van der Waals surface area contributed by atoms with Crippen molar-refractivity contribution in [2.45, 2.75) is 11.8 Å². The lowest BCUT2D eigenvalue weighted by atomic mass is 10.2. The molecular weight excluding hydrogens is 444 g/mol. The first kappa shape index (κ1) is 23.9. The Morgan fingerprint density at radius 2 is 1.67 bits per heavy atom. The first-order chi connectivity index (χ1) is 15.9. The highest BCUT2D eigenvalue weighted by Crippen LogP contribution is 2.35. The van der Waals surface area contributed by atoms with Gasteiger partial charge in [0.25, 0.3) is 10.0 Å². The molecule has 0 saturated heterocycles. The van der Waals surface area contributed by atoms with E-state index >= 15 is 0 Å². The molecule has 0 bridgehead atoms. The first-order valence-electron chi connectivity index (χ1n) is 10.2. The summed E-state index contributed by atoms with van der Waals surface area (Å²) < 4.78 is 44.1. The van der Waals surface area contributed by atoms with Crippen molar-refractivity contribution >= 4 is 27.3 Å². The Kier molecular flexibility index (Phi) is 7.78. The maximum atomic E-state index is 13.5. The van der Waals surface area contributed by atoms with Crippen LogP contribution in [0.5, 0.6) is 17.2 Å². The molecule has 3 aromatic carbocycles. The van der Waals surface area contributed by atoms with Gasteiger partial charge in [-0.15, -0.1) is 0 Å². The van der Waals surface area contributed by atoms with Crippen molar-refractivity contribution < 1.29 is 27.4 Å². The lowest BCUT2D eigenvalue weighted by Crippen LogP contribution is -2.38. The number of hydrogen-bond acceptors (Lipinski definition) is 6. The van der Waals surface area contributed by atoms with Crippen LogP contribution in [0.4, 0.5) is 11.4 Å². The van der Waals surface area contributed by atoms with Crippen LogP contribution in [0.1, 0.15) is 6.92 Å². The van der Waals surface area contributed by atoms with Gasteiger partial charge in [0.15, 0.2) is 0 Å². The van der Waals surface area contributed by atoms with E-state index in [9.17, 15) is 13.2 Å². The molecule has 174 valence electrons. The first-order valence-corrected chi connectivity index (χ1v) is 11.7. The summed E-state index contributed by atoms with van der Waals surface area (Å²) in [5.41, 5.74) is 0.699. The number of benzene rings is 3. The zero-order valence-corrected chi connectivity index (χ0v) is 19.5. The second-order valence-corrected chi connectivity index (χ2v) is 8.73. The zero-order valence-electron chi connectivity index (χ0n) is 18.6. The minimum atomic E-state index is -4.08. The number of carbonyl (C=O) groups excluding carboxylic acids is 1. The molecule has 0 saturated carbocycles. The number of nitrogens with one attached hydrogen (secondary N) is 1. The van der Waals surface area contributed by atoms with E-state index in [1.54, 1.807) is 60.7 Å². The molecule has 0 aromatic heterocycles. The van der Waals surface area contributed by atoms with E-state index in [1.165, 1.54) is 26.4 Å². The topological polar surface area (TPSA) is 94.2 Å². The number of nitrogens with zero attached hydrogens (tertiary/aromatic N) is 1. The van der Waals surface area contributed by atoms with E-state index in [1.807, 2.05) is 6.92 Å². The molecule has 0 aliphatic heterocycles. The third-order valence-corrected chi connectivity index (χ3v) is 6.48. The third-order valence-electron chi connectivity index (χ3n) is 4.70. The molecule has 3 rings (SSSR count). The molecule has 0 aliphatic carbocycles. The molecule has 0 aliphatic rings. The van der Waals surface area contributed by atoms with Gasteiger partial charge in [-0.25, -0.2) is 8.42 Å². The predicted octanol–water partition coefficient (Wildman–Crippen LogP) is 3.94. The number of ether oxygens (including phenoxy) is 3. The fraction of sp³-hybridized carbons (Fsp3) is 0.208. The largest absolute Gasteiger partial charge is 0.497 e. The number of rotatable bonds is 10. The molecule has 0 atom stereocenters. The van der Waals surface area contributed by atoms with Gasteiger partial charge in [0.05, 0.1) is 31.4 Å². The second-order valence-electron chi connectivity index (χ2n) is 6.87. The third kappa shape index (κ3) is 5.75. The lowest BCUT2D eigenvalue weighted by Gasteiger charge is -2.26. The van der Waals surface area contributed by atoms with Crippen LogP contribution in [0.25, 0.3) is 0 Å². The monoisotopic (exact) mass is 470 g/mol. The minimum Gasteiger partial charge on any atom is -0.497 e. The van der Waals surface area contributed by atoms with E-state index in [-0.39, 0.29) is 16.3 Å². The average molecular weight is 471 g/mol. The van der Waals surface area contributed by atoms with E-state index in [0.717, 1.165) is 4.31 Å². The van der Waals surface area contributed by atoms with Gasteiger partial charge >= 0.3 is 0 Å². The highest BCUT2D eigenvalue weighted by atomic mass is 32.2. The Morgan fingerprint density at radius 1 is 0.909 bits per heavy atom. The Hall–Kier alpha value is -3.72. The summed E-state index contributed by atoms with van der Waals surface area (Å²) in [6.07, 6.45) is 0. The number of sulfonamides is 1. The number of hydrogen-bond donors (Lipinski definition) is 1. The van der Waals surface area contributed by atoms with Crippen molar-refractivity contribution in [2.75, 3.05) is 37.0 Å². The quantitative estimate of drug-likeness (QED) is 0.482. The summed E-state index contributed by atoms with van der Waals surface area (Å²) in [6.45, 7) is 1.87. The molecule has 1 amide bonds. The fourth-order valence-corrected chi connectivity index (χ4v) is 4.62. The zero-order chi connectivity index (χ0) is 23.8. The van der Waals surface area contributed by atoms with Crippen LogP contribution in [-0.2, 0) is 14.8 Å². The van der Waals surface area contributed by atoms with Gasteiger partial charge in [0.1, 0.15) is 23.8 Å². The van der Waals surface area contributed by atoms with Crippen LogP contribution in [0.15, 0.2) is 77.7 Å². The SMILES string of the molecule is CCOc1cccc(NC(=O)CN(c2ccc(OC)cc2OC)S(=O)(=O)c2ccccc2)c1. The van der Waals surface area contributed by atoms with Gasteiger partial charge in [-0.2, -0.15) is 0 Å². The van der Waals surface area contributed by atoms with E-state index in [0.29, 0.717) is 23.8 Å². The molecule has 0 unspecified atom stereocenters. The van der Waals surface area contributed by atoms with E-state index in [4.69, 9.17) is 14.2 Å². The lowest BCUT2D eigenvalue weighted by molar-refractivity contribution is -0.114. The normalized spacial score (nSPS) is 10.9. The average Bonchev–Trinajstić information content (AvgIpc) is 2.83. The molecule has 0 spiro atoms. The van der Waals surface area contributed by atoms with Crippen molar-refractivity contribution in [1.82, 2.24) is 0 Å². The molecule has 0 radical (unpaired) electrons. The summed E-state index contributed by atoms with van der Waals surface area (Å²) in [5.74, 6) is 0.812. The van der Waals surface area contributed by atoms with Gasteiger partial charge in [-0.3, -0.25) is 9.10 Å². The van der Waals surface area contributed by atoms with Crippen molar-refractivity contribution in [3.63, 3.8) is 0 Å². The molecular formula is C24H26N2O6S. The fourth-order valence-electron chi connectivity index (χ4n) is 3.17. The van der Waals surface area contributed by atoms with Crippen molar-refractivity contribution in [3.8, 4) is 17.2 Å². The summed E-state index contributed by atoms with van der Waals surface area (Å²) in [4.78, 5) is 13.0. The highest BCUT2D eigenvalue weighted by Gasteiger charge is 2.29. The molecule has 9 heteroatoms. The molecule has 3 aromatic rings. The van der Waals surface area contributed by atoms with Crippen molar-refractivity contribution in [1.29, 1.82) is 0 Å². The predicted molar refractivity (Wildman–Crippen MR) is 127 cm³/mol. The molecule has 8 nitrogen and oxygen atoms in total. The molecule has 33 heavy (non-hydrogen) atoms. The smallest absolute Gasteiger partial charge is 0.264 e. The van der Waals surface area contributed by atoms with Gasteiger partial charge in [-0.1, -0.05) is 24.3 Å². The van der Waals surface area contributed by atoms with E-state index in [2.05, 4.69) is 5.32 Å². The molecule has 0 fully saturated rings. The van der Waals surface area contributed by atoms with Gasteiger partial charge in [0.2, 0.25) is 5.91 Å². The van der Waals surface area contributed by atoms with Crippen LogP contribution in [0.3, 0.4) is 0 Å². The highest BCUT2D eigenvalue weighted by molar-refractivity contribution is 7.92. The maximum Gasteiger partial charge on any atom is 0.264 e. The Labute approximate surface area is 193 Å². The maximum absolute atomic E-state index is 13.5. The van der Waals surface area contributed by atoms with Crippen LogP contribution in [0.2, 0.25) is 0 Å². The summed E-state index contributed by atoms with van der Waals surface area (Å²) in [5, 5.41) is 2.73. The Bertz CT molecular complexity index is 1200. The Balaban J connectivity index is 1.98. The summed E-state index contributed by atoms with van der Waals surface area (Å²) in [6, 6.07) is 19.5. The molecule has 1 N–H and O–H groups in total. The van der Waals surface area contributed by atoms with Crippen LogP contribution < -0.4 is 23.8 Å². The second kappa shape index (κ2) is 10.7. The van der Waals surface area contributed by atoms with Crippen LogP contribution in [0, 0.1) is 0 Å². The van der Waals surface area contributed by atoms with Crippen LogP contribution in [-0.4, -0.2) is 41.7 Å². The van der Waals surface area contributed by atoms with Crippen molar-refractivity contribution in [3.05, 3.63) is 72.8 Å². The number of methoxy groups -OCH3 is 2.